The fraction of sp³-hybridized carbons (Fsp3) is 0.516. The van der Waals surface area contributed by atoms with Crippen LogP contribution in [0, 0.1) is 11.6 Å². The van der Waals surface area contributed by atoms with Crippen molar-refractivity contribution in [2.24, 2.45) is 0 Å². The van der Waals surface area contributed by atoms with Gasteiger partial charge in [0, 0.05) is 77.3 Å². The molecule has 0 aromatic heterocycles. The maximum Gasteiger partial charge on any atom is 0.245 e. The highest BCUT2D eigenvalue weighted by molar-refractivity contribution is 7.89. The van der Waals surface area contributed by atoms with Gasteiger partial charge in [0.05, 0.1) is 21.9 Å². The second-order valence-corrected chi connectivity index (χ2v) is 26.0. The number of carbonyl (C=O) groups is 6. The smallest absolute Gasteiger partial charge is 0.245 e. The lowest BCUT2D eigenvalue weighted by Gasteiger charge is -2.33. The predicted octanol–water partition coefficient (Wildman–Crippen LogP) is 4.65. The van der Waals surface area contributed by atoms with Crippen LogP contribution in [0.2, 0.25) is 0 Å². The number of likely N-dealkylation sites (tertiary alicyclic amines) is 2. The van der Waals surface area contributed by atoms with E-state index < -0.39 is 79.7 Å². The number of nitrogens with zero attached hydrogens (tertiary/aromatic N) is 4. The average molecular weight is 1230 g/mol. The minimum atomic E-state index is -4.10. The molecule has 6 atom stereocenters. The number of sulfonamides is 2. The lowest BCUT2D eigenvalue weighted by atomic mass is 10.1. The maximum atomic E-state index is 14.4. The van der Waals surface area contributed by atoms with E-state index in [-0.39, 0.29) is 98.4 Å². The number of amides is 6. The number of likely N-dealkylation sites (N-methyl/N-ethyl adjacent to an activating group) is 2. The summed E-state index contributed by atoms with van der Waals surface area (Å²) >= 11 is 0. The molecule has 470 valence electrons. The average Bonchev–Trinajstić information content (AvgIpc) is 3.48. The van der Waals surface area contributed by atoms with Crippen molar-refractivity contribution in [3.63, 3.8) is 0 Å². The van der Waals surface area contributed by atoms with Gasteiger partial charge in [0.2, 0.25) is 55.5 Å². The number of halogens is 2. The van der Waals surface area contributed by atoms with E-state index in [0.29, 0.717) is 77.3 Å². The third kappa shape index (κ3) is 20.5. The molecular formula is C62H86F2N10O10S2. The van der Waals surface area contributed by atoms with Crippen LogP contribution in [-0.2, 0) is 61.7 Å². The van der Waals surface area contributed by atoms with E-state index in [2.05, 4.69) is 31.9 Å². The quantitative estimate of drug-likeness (QED) is 0.0345. The number of hydrogen-bond acceptors (Lipinski definition) is 12. The van der Waals surface area contributed by atoms with Crippen molar-refractivity contribution >= 4 is 55.5 Å². The summed E-state index contributed by atoms with van der Waals surface area (Å²) in [5, 5.41) is 17.3. The van der Waals surface area contributed by atoms with Crippen molar-refractivity contribution < 1.29 is 54.4 Å². The summed E-state index contributed by atoms with van der Waals surface area (Å²) in [4.78, 5) is 84.3. The zero-order valence-electron chi connectivity index (χ0n) is 49.9. The van der Waals surface area contributed by atoms with Crippen molar-refractivity contribution in [1.82, 2.24) is 50.3 Å². The fourth-order valence-corrected chi connectivity index (χ4v) is 13.6. The number of unbranched alkanes of at least 4 members (excludes halogenated alkanes) is 1. The van der Waals surface area contributed by atoms with Crippen LogP contribution in [0.1, 0.15) is 102 Å². The molecule has 0 unspecified atom stereocenters. The Bertz CT molecular complexity index is 2860. The van der Waals surface area contributed by atoms with Gasteiger partial charge < -0.3 is 41.7 Å². The molecule has 2 saturated heterocycles. The van der Waals surface area contributed by atoms with Crippen molar-refractivity contribution in [3.8, 4) is 0 Å². The molecule has 2 fully saturated rings. The molecule has 2 heterocycles. The Kier molecular flexibility index (Phi) is 27.1. The molecule has 6 N–H and O–H groups in total. The van der Waals surface area contributed by atoms with Gasteiger partial charge in [-0.05, 0) is 165 Å². The van der Waals surface area contributed by atoms with E-state index >= 15 is 0 Å². The van der Waals surface area contributed by atoms with Crippen molar-refractivity contribution in [3.05, 3.63) is 132 Å². The topological polar surface area (TPSA) is 256 Å². The number of carbonyl (C=O) groups excluding carboxylic acids is 6. The molecule has 4 aromatic rings. The van der Waals surface area contributed by atoms with Crippen LogP contribution >= 0.6 is 0 Å². The summed E-state index contributed by atoms with van der Waals surface area (Å²) in [7, 11) is -4.96. The number of hydrogen-bond donors (Lipinski definition) is 6. The fourth-order valence-electron chi connectivity index (χ4n) is 10.6. The van der Waals surface area contributed by atoms with Crippen LogP contribution in [-0.4, -0.2) is 173 Å². The molecular weight excluding hydrogens is 1150 g/mol. The van der Waals surface area contributed by atoms with Crippen molar-refractivity contribution in [1.29, 1.82) is 0 Å². The number of rotatable bonds is 35. The number of benzene rings is 4. The molecule has 0 aliphatic carbocycles. The normalized spacial score (nSPS) is 16.8. The first-order chi connectivity index (χ1) is 41.2. The zero-order chi connectivity index (χ0) is 62.2. The summed E-state index contributed by atoms with van der Waals surface area (Å²) in [5.41, 5.74) is 1.85. The van der Waals surface area contributed by atoms with Crippen molar-refractivity contribution in [2.45, 2.75) is 150 Å². The second kappa shape index (κ2) is 34.0. The Balaban J connectivity index is 0.964. The first-order valence-electron chi connectivity index (χ1n) is 29.9. The van der Waals surface area contributed by atoms with E-state index in [1.165, 1.54) is 32.9 Å². The van der Waals surface area contributed by atoms with E-state index in [1.54, 1.807) is 37.7 Å². The lowest BCUT2D eigenvalue weighted by Crippen LogP contribution is -2.55. The molecule has 0 saturated carbocycles. The zero-order valence-corrected chi connectivity index (χ0v) is 51.5. The molecule has 6 rings (SSSR count). The lowest BCUT2D eigenvalue weighted by molar-refractivity contribution is -0.138. The number of nitrogens with one attached hydrogen (secondary N) is 6. The molecule has 4 aromatic carbocycles. The first-order valence-corrected chi connectivity index (χ1v) is 32.8. The van der Waals surface area contributed by atoms with Crippen molar-refractivity contribution in [2.75, 3.05) is 66.5 Å². The summed E-state index contributed by atoms with van der Waals surface area (Å²) in [6, 6.07) is 24.0. The highest BCUT2D eigenvalue weighted by atomic mass is 32.2. The van der Waals surface area contributed by atoms with Crippen LogP contribution in [0.4, 0.5) is 8.78 Å². The van der Waals surface area contributed by atoms with Crippen LogP contribution in [0.15, 0.2) is 119 Å². The molecule has 20 nitrogen and oxygen atoms in total. The van der Waals surface area contributed by atoms with Gasteiger partial charge in [-0.2, -0.15) is 8.61 Å². The van der Waals surface area contributed by atoms with Gasteiger partial charge in [-0.15, -0.1) is 0 Å². The Morgan fingerprint density at radius 1 is 0.535 bits per heavy atom. The molecule has 0 bridgehead atoms. The van der Waals surface area contributed by atoms with E-state index in [0.717, 1.165) is 35.4 Å². The van der Waals surface area contributed by atoms with Crippen LogP contribution in [0.25, 0.3) is 0 Å². The maximum absolute atomic E-state index is 14.4. The van der Waals surface area contributed by atoms with Gasteiger partial charge in [0.25, 0.3) is 0 Å². The summed E-state index contributed by atoms with van der Waals surface area (Å²) in [6.07, 6.45) is 5.22. The van der Waals surface area contributed by atoms with Crippen LogP contribution < -0.4 is 31.9 Å². The monoisotopic (exact) mass is 1230 g/mol. The van der Waals surface area contributed by atoms with Gasteiger partial charge in [0.15, 0.2) is 0 Å². The van der Waals surface area contributed by atoms with Gasteiger partial charge in [0.1, 0.15) is 23.7 Å². The Morgan fingerprint density at radius 2 is 0.895 bits per heavy atom. The minimum Gasteiger partial charge on any atom is -0.356 e. The highest BCUT2D eigenvalue weighted by Gasteiger charge is 2.39. The minimum absolute atomic E-state index is 0.0106. The van der Waals surface area contributed by atoms with Gasteiger partial charge in [-0.3, -0.25) is 28.8 Å². The summed E-state index contributed by atoms with van der Waals surface area (Å²) < 4.78 is 86.8. The molecule has 0 spiro atoms. The van der Waals surface area contributed by atoms with E-state index in [9.17, 15) is 54.4 Å². The van der Waals surface area contributed by atoms with Gasteiger partial charge >= 0.3 is 0 Å². The summed E-state index contributed by atoms with van der Waals surface area (Å²) in [5.74, 6) is -3.16. The predicted molar refractivity (Wildman–Crippen MR) is 324 cm³/mol. The second-order valence-electron chi connectivity index (χ2n) is 22.1. The molecule has 2 aliphatic heterocycles. The van der Waals surface area contributed by atoms with Crippen LogP contribution in [0.5, 0.6) is 0 Å². The van der Waals surface area contributed by atoms with Gasteiger partial charge in [-0.1, -0.05) is 60.7 Å². The molecule has 0 radical (unpaired) electrons. The third-order valence-electron chi connectivity index (χ3n) is 16.0. The SMILES string of the molecule is CN[C@@H](C)C(=O)N[C@@H](CCCNC(=O)CCCCC(=O)NCCC[C@H](NC(=O)[C@H](C)NC)C(=O)N1CCC[C@H]1CN(CCc1ccccc1)S(=O)(=O)c1ccc(F)cc1)C(=O)N1CCC[C@H]1CN(CCc1ccccc1)S(=O)(=O)c1ccc(F)cc1. The molecule has 24 heteroatoms. The largest absolute Gasteiger partial charge is 0.356 e. The Morgan fingerprint density at radius 3 is 1.24 bits per heavy atom. The third-order valence-corrected chi connectivity index (χ3v) is 19.7. The van der Waals surface area contributed by atoms with Gasteiger partial charge in [-0.25, -0.2) is 25.6 Å². The van der Waals surface area contributed by atoms with Crippen LogP contribution in [0.3, 0.4) is 0 Å². The van der Waals surface area contributed by atoms with E-state index in [1.807, 2.05) is 60.7 Å². The molecule has 6 amide bonds. The Labute approximate surface area is 506 Å². The molecule has 86 heavy (non-hydrogen) atoms. The molecule has 2 aliphatic rings. The summed E-state index contributed by atoms with van der Waals surface area (Å²) in [6.45, 7) is 4.64. The Hall–Kier alpha value is -6.70. The standard InChI is InChI=1S/C62H86F2N10O10S2/c1-45(65-3)59(77)69-55(61(79)73-39-15-21-51(73)43-71(41-35-47-17-7-5-8-18-47)85(81,82)53-31-27-49(63)28-32-53)23-13-37-67-57(75)25-11-12-26-58(76)68-38-14-24-56(70-60(78)46(2)66-4)62(80)74-40-16-22-52(74)44-72(42-36-48-19-9-6-10-20-48)86(83,84)54-33-29-50(64)30-34-54/h5-10,17-20,27-34,45-46,51-52,55-56,65-66H,11-16,21-26,35-44H2,1-4H3,(H,67,75)(H,68,76)(H,69,77)(H,70,78)/t45-,46-,51-,52-,55-,56-/m0/s1. The van der Waals surface area contributed by atoms with E-state index in [4.69, 9.17) is 0 Å². The highest BCUT2D eigenvalue weighted by Crippen LogP contribution is 2.27. The first kappa shape index (κ1) is 68.4.